The number of carbonyl (C=O) groups excluding carboxylic acids is 1. The smallest absolute Gasteiger partial charge is 0.333 e. The van der Waals surface area contributed by atoms with Crippen LogP contribution in [0.3, 0.4) is 0 Å². The maximum atomic E-state index is 12.1. The van der Waals surface area contributed by atoms with Crippen LogP contribution in [0.25, 0.3) is 0 Å². The highest BCUT2D eigenvalue weighted by atomic mass is 35.5. The number of anilines is 1. The Morgan fingerprint density at radius 1 is 1.17 bits per heavy atom. The fourth-order valence-electron chi connectivity index (χ4n) is 2.03. The Kier molecular flexibility index (Phi) is 5.58. The minimum atomic E-state index is -0.964. The van der Waals surface area contributed by atoms with Crippen molar-refractivity contribution in [2.24, 2.45) is 0 Å². The van der Waals surface area contributed by atoms with E-state index >= 15 is 0 Å². The number of aromatic hydroxyl groups is 1. The Labute approximate surface area is 143 Å². The molecule has 0 saturated heterocycles. The van der Waals surface area contributed by atoms with E-state index in [4.69, 9.17) is 32.7 Å². The van der Waals surface area contributed by atoms with Gasteiger partial charge in [-0.05, 0) is 36.4 Å². The highest BCUT2D eigenvalue weighted by Gasteiger charge is 2.25. The molecular weight excluding hydrogens is 341 g/mol. The van der Waals surface area contributed by atoms with Crippen LogP contribution >= 0.6 is 23.2 Å². The Balaban J connectivity index is 2.43. The van der Waals surface area contributed by atoms with Gasteiger partial charge in [0.2, 0.25) is 0 Å². The van der Waals surface area contributed by atoms with E-state index in [2.05, 4.69) is 5.32 Å². The summed E-state index contributed by atoms with van der Waals surface area (Å²) in [6.07, 6.45) is 0. The number of methoxy groups -OCH3 is 2. The molecule has 2 rings (SSSR count). The number of nitrogens with one attached hydrogen (secondary N) is 1. The summed E-state index contributed by atoms with van der Waals surface area (Å²) >= 11 is 12.0. The molecule has 0 heterocycles. The lowest BCUT2D eigenvalue weighted by atomic mass is 10.0. The molecule has 0 fully saturated rings. The predicted octanol–water partition coefficient (Wildman–Crippen LogP) is 4.03. The number of esters is 1. The molecule has 2 N–H and O–H groups in total. The number of phenols is 1. The van der Waals surface area contributed by atoms with Gasteiger partial charge in [0.1, 0.15) is 11.5 Å². The molecule has 23 heavy (non-hydrogen) atoms. The van der Waals surface area contributed by atoms with Gasteiger partial charge in [0, 0.05) is 10.6 Å². The van der Waals surface area contributed by atoms with Gasteiger partial charge in [-0.1, -0.05) is 23.2 Å². The third-order valence-corrected chi connectivity index (χ3v) is 3.76. The van der Waals surface area contributed by atoms with Crippen LogP contribution in [0.2, 0.25) is 10.0 Å². The molecule has 2 aromatic rings. The molecule has 0 spiro atoms. The molecule has 1 atom stereocenters. The zero-order valence-corrected chi connectivity index (χ0v) is 14.0. The molecular formula is C16H15Cl2NO4. The Morgan fingerprint density at radius 2 is 1.91 bits per heavy atom. The van der Waals surface area contributed by atoms with E-state index in [-0.39, 0.29) is 5.75 Å². The van der Waals surface area contributed by atoms with Gasteiger partial charge in [-0.25, -0.2) is 4.79 Å². The Bertz CT molecular complexity index is 721. The normalized spacial score (nSPS) is 11.7. The van der Waals surface area contributed by atoms with E-state index in [1.165, 1.54) is 20.3 Å². The fourth-order valence-corrected chi connectivity index (χ4v) is 2.50. The van der Waals surface area contributed by atoms with Gasteiger partial charge in [-0.15, -0.1) is 0 Å². The second kappa shape index (κ2) is 7.44. The topological polar surface area (TPSA) is 67.8 Å². The second-order valence-corrected chi connectivity index (χ2v) is 5.49. The van der Waals surface area contributed by atoms with Crippen molar-refractivity contribution in [2.75, 3.05) is 19.5 Å². The summed E-state index contributed by atoms with van der Waals surface area (Å²) in [6.45, 7) is 0. The van der Waals surface area contributed by atoms with Gasteiger partial charge in [0.05, 0.1) is 24.9 Å². The number of hydrogen-bond donors (Lipinski definition) is 2. The summed E-state index contributed by atoms with van der Waals surface area (Å²) in [7, 11) is 2.75. The quantitative estimate of drug-likeness (QED) is 0.792. The lowest BCUT2D eigenvalue weighted by molar-refractivity contribution is -0.141. The van der Waals surface area contributed by atoms with Crippen molar-refractivity contribution in [2.45, 2.75) is 6.04 Å². The summed E-state index contributed by atoms with van der Waals surface area (Å²) < 4.78 is 9.94. The average Bonchev–Trinajstić information content (AvgIpc) is 2.54. The van der Waals surface area contributed by atoms with Crippen LogP contribution in [0.15, 0.2) is 36.4 Å². The zero-order valence-electron chi connectivity index (χ0n) is 12.5. The first kappa shape index (κ1) is 17.2. The number of halogens is 2. The Hall–Kier alpha value is -2.11. The number of benzene rings is 2. The third kappa shape index (κ3) is 4.00. The van der Waals surface area contributed by atoms with Crippen molar-refractivity contribution < 1.29 is 19.4 Å². The van der Waals surface area contributed by atoms with Gasteiger partial charge in [0.15, 0.2) is 6.04 Å². The molecule has 122 valence electrons. The van der Waals surface area contributed by atoms with Crippen molar-refractivity contribution in [1.29, 1.82) is 0 Å². The number of rotatable bonds is 5. The first-order chi connectivity index (χ1) is 11.0. The van der Waals surface area contributed by atoms with Gasteiger partial charge >= 0.3 is 5.97 Å². The highest BCUT2D eigenvalue weighted by molar-refractivity contribution is 6.36. The van der Waals surface area contributed by atoms with E-state index < -0.39 is 12.0 Å². The first-order valence-electron chi connectivity index (χ1n) is 6.62. The van der Waals surface area contributed by atoms with Crippen LogP contribution in [-0.2, 0) is 9.53 Å². The van der Waals surface area contributed by atoms with Crippen LogP contribution in [0, 0.1) is 0 Å². The number of phenolic OH excluding ortho intramolecular Hbond substituents is 1. The number of carbonyl (C=O) groups is 1. The van der Waals surface area contributed by atoms with Crippen LogP contribution in [0.4, 0.5) is 5.69 Å². The van der Waals surface area contributed by atoms with Crippen molar-refractivity contribution in [1.82, 2.24) is 0 Å². The lowest BCUT2D eigenvalue weighted by Gasteiger charge is -2.20. The van der Waals surface area contributed by atoms with Crippen molar-refractivity contribution in [3.05, 3.63) is 52.0 Å². The summed E-state index contributed by atoms with van der Waals surface area (Å²) in [5.74, 6) is -0.158. The van der Waals surface area contributed by atoms with Crippen LogP contribution in [0.5, 0.6) is 11.5 Å². The summed E-state index contributed by atoms with van der Waals surface area (Å²) in [4.78, 5) is 12.1. The average molecular weight is 356 g/mol. The summed E-state index contributed by atoms with van der Waals surface area (Å²) in [5.41, 5.74) is 0.788. The molecule has 1 unspecified atom stereocenters. The monoisotopic (exact) mass is 355 g/mol. The van der Waals surface area contributed by atoms with Crippen LogP contribution < -0.4 is 10.1 Å². The lowest BCUT2D eigenvalue weighted by Crippen LogP contribution is -2.22. The predicted molar refractivity (Wildman–Crippen MR) is 89.5 cm³/mol. The SMILES string of the molecule is COC(=O)C(Nc1ccc(Cl)cc1Cl)c1cc(OC)ccc1O. The van der Waals surface area contributed by atoms with E-state index in [0.717, 1.165) is 0 Å². The van der Waals surface area contributed by atoms with Gasteiger partial charge in [0.25, 0.3) is 0 Å². The maximum absolute atomic E-state index is 12.1. The van der Waals surface area contributed by atoms with Gasteiger partial charge < -0.3 is 19.9 Å². The standard InChI is InChI=1S/C16H15Cl2NO4/c1-22-10-4-6-14(20)11(8-10)15(16(21)23-2)19-13-5-3-9(17)7-12(13)18/h3-8,15,19-20H,1-2H3. The molecule has 0 amide bonds. The highest BCUT2D eigenvalue weighted by Crippen LogP contribution is 2.34. The fraction of sp³-hybridized carbons (Fsp3) is 0.188. The minimum Gasteiger partial charge on any atom is -0.508 e. The van der Waals surface area contributed by atoms with Crippen molar-refractivity contribution in [3.8, 4) is 11.5 Å². The van der Waals surface area contributed by atoms with E-state index in [9.17, 15) is 9.90 Å². The number of hydrogen-bond acceptors (Lipinski definition) is 5. The van der Waals surface area contributed by atoms with E-state index in [1.807, 2.05) is 0 Å². The van der Waals surface area contributed by atoms with Gasteiger partial charge in [-0.3, -0.25) is 0 Å². The van der Waals surface area contributed by atoms with Crippen LogP contribution in [-0.4, -0.2) is 25.3 Å². The van der Waals surface area contributed by atoms with Gasteiger partial charge in [-0.2, -0.15) is 0 Å². The largest absolute Gasteiger partial charge is 0.508 e. The third-order valence-electron chi connectivity index (χ3n) is 3.21. The Morgan fingerprint density at radius 3 is 2.52 bits per heavy atom. The van der Waals surface area contributed by atoms with Crippen molar-refractivity contribution in [3.63, 3.8) is 0 Å². The molecule has 0 aliphatic rings. The molecule has 0 aliphatic heterocycles. The molecule has 0 aliphatic carbocycles. The van der Waals surface area contributed by atoms with Crippen LogP contribution in [0.1, 0.15) is 11.6 Å². The molecule has 2 aromatic carbocycles. The molecule has 0 saturated carbocycles. The summed E-state index contributed by atoms with van der Waals surface area (Å²) in [6, 6.07) is 8.43. The second-order valence-electron chi connectivity index (χ2n) is 4.65. The molecule has 0 aromatic heterocycles. The minimum absolute atomic E-state index is 0.0706. The molecule has 7 heteroatoms. The van der Waals surface area contributed by atoms with E-state index in [1.54, 1.807) is 30.3 Å². The molecule has 5 nitrogen and oxygen atoms in total. The first-order valence-corrected chi connectivity index (χ1v) is 7.38. The maximum Gasteiger partial charge on any atom is 0.333 e. The molecule has 0 bridgehead atoms. The molecule has 0 radical (unpaired) electrons. The van der Waals surface area contributed by atoms with E-state index in [0.29, 0.717) is 27.0 Å². The van der Waals surface area contributed by atoms with Crippen molar-refractivity contribution >= 4 is 34.9 Å². The number of ether oxygens (including phenoxy) is 2. The zero-order chi connectivity index (χ0) is 17.0. The summed E-state index contributed by atoms with van der Waals surface area (Å²) in [5, 5.41) is 13.8.